The first-order valence-corrected chi connectivity index (χ1v) is 13.0. The van der Waals surface area contributed by atoms with Crippen molar-refractivity contribution >= 4 is 6.16 Å². The molecule has 0 bridgehead atoms. The maximum Gasteiger partial charge on any atom is 0.509 e. The van der Waals surface area contributed by atoms with E-state index in [0.29, 0.717) is 29.1 Å². The summed E-state index contributed by atoms with van der Waals surface area (Å²) in [4.78, 5) is 12.5. The van der Waals surface area contributed by atoms with Gasteiger partial charge in [-0.3, -0.25) is 0 Å². The third kappa shape index (κ3) is 6.04. The minimum Gasteiger partial charge on any atom is -0.493 e. The normalized spacial score (nSPS) is 23.5. The molecule has 3 aliphatic rings. The van der Waals surface area contributed by atoms with E-state index >= 15 is 0 Å². The summed E-state index contributed by atoms with van der Waals surface area (Å²) in [5.41, 5.74) is -0.703. The van der Waals surface area contributed by atoms with Crippen molar-refractivity contribution in [2.75, 3.05) is 7.11 Å². The second-order valence-electron chi connectivity index (χ2n) is 10.2. The average Bonchev–Trinajstić information content (AvgIpc) is 3.19. The minimum absolute atomic E-state index is 0.414. The Balaban J connectivity index is 1.51. The molecular weight excluding hydrogens is 416 g/mol. The summed E-state index contributed by atoms with van der Waals surface area (Å²) in [7, 11) is 1.61. The van der Waals surface area contributed by atoms with Gasteiger partial charge in [0.05, 0.1) is 7.11 Å². The lowest BCUT2D eigenvalue weighted by atomic mass is 9.76. The van der Waals surface area contributed by atoms with E-state index in [-0.39, 0.29) is 0 Å². The Kier molecular flexibility index (Phi) is 8.21. The number of hydrogen-bond acceptors (Lipinski definition) is 5. The van der Waals surface area contributed by atoms with Crippen LogP contribution in [-0.2, 0) is 9.47 Å². The summed E-state index contributed by atoms with van der Waals surface area (Å²) in [5, 5.41) is 0. The van der Waals surface area contributed by atoms with Gasteiger partial charge in [0, 0.05) is 0 Å². The molecule has 2 saturated carbocycles. The highest BCUT2D eigenvalue weighted by atomic mass is 16.8. The second-order valence-corrected chi connectivity index (χ2v) is 10.2. The molecule has 0 spiro atoms. The summed E-state index contributed by atoms with van der Waals surface area (Å²) in [6, 6.07) is 7.47. The number of para-hydroxylation sites is 2. The number of rotatable bonds is 10. The molecule has 5 heteroatoms. The first kappa shape index (κ1) is 24.0. The Morgan fingerprint density at radius 3 is 2.03 bits per heavy atom. The number of carbonyl (C=O) groups excluding carboxylic acids is 1. The fourth-order valence-corrected chi connectivity index (χ4v) is 6.04. The number of hydrogen-bond donors (Lipinski definition) is 0. The van der Waals surface area contributed by atoms with Crippen LogP contribution in [0.2, 0.25) is 0 Å². The molecule has 182 valence electrons. The van der Waals surface area contributed by atoms with Crippen LogP contribution in [0.25, 0.3) is 0 Å². The van der Waals surface area contributed by atoms with Gasteiger partial charge in [-0.15, -0.1) is 0 Å². The van der Waals surface area contributed by atoms with Crippen molar-refractivity contribution in [1.82, 2.24) is 0 Å². The average molecular weight is 457 g/mol. The zero-order chi connectivity index (χ0) is 23.1. The van der Waals surface area contributed by atoms with Crippen LogP contribution < -0.4 is 9.47 Å². The smallest absolute Gasteiger partial charge is 0.493 e. The Labute approximate surface area is 198 Å². The van der Waals surface area contributed by atoms with Crippen LogP contribution in [0.5, 0.6) is 11.5 Å². The molecule has 1 atom stereocenters. The van der Waals surface area contributed by atoms with Crippen LogP contribution in [0, 0.1) is 11.8 Å². The van der Waals surface area contributed by atoms with Crippen molar-refractivity contribution in [3.63, 3.8) is 0 Å². The molecule has 0 N–H and O–H groups in total. The monoisotopic (exact) mass is 456 g/mol. The number of benzene rings is 1. The highest BCUT2D eigenvalue weighted by Crippen LogP contribution is 2.44. The molecule has 1 heterocycles. The largest absolute Gasteiger partial charge is 0.509 e. The van der Waals surface area contributed by atoms with Crippen molar-refractivity contribution in [3.8, 4) is 11.5 Å². The Hall–Kier alpha value is -2.17. The lowest BCUT2D eigenvalue weighted by Crippen LogP contribution is -2.43. The Morgan fingerprint density at radius 2 is 1.48 bits per heavy atom. The topological polar surface area (TPSA) is 54.0 Å². The van der Waals surface area contributed by atoms with Crippen molar-refractivity contribution < 1.29 is 23.7 Å². The van der Waals surface area contributed by atoms with Crippen molar-refractivity contribution in [2.45, 2.75) is 102 Å². The van der Waals surface area contributed by atoms with Crippen molar-refractivity contribution in [1.29, 1.82) is 0 Å². The number of cyclic esters (lactones) is 2. The van der Waals surface area contributed by atoms with Gasteiger partial charge in [0.15, 0.2) is 17.1 Å². The van der Waals surface area contributed by atoms with E-state index in [1.165, 1.54) is 64.2 Å². The molecule has 5 nitrogen and oxygen atoms in total. The standard InChI is InChI=1S/C28H40O5/c1-21(31-25-16-10-9-15-24(25)30-2)26-28(33-27(29)32-26,19-17-22-11-5-3-6-12-22)20-18-23-13-7-4-8-14-23/h9-10,15-16,22-23,26H,1,3-8,11-14,17-20H2,2H3/t26-/m1/s1. The second kappa shape index (κ2) is 11.3. The van der Waals surface area contributed by atoms with Crippen LogP contribution in [-0.4, -0.2) is 25.0 Å². The quantitative estimate of drug-likeness (QED) is 0.268. The molecule has 33 heavy (non-hydrogen) atoms. The van der Waals surface area contributed by atoms with E-state index in [9.17, 15) is 4.79 Å². The zero-order valence-corrected chi connectivity index (χ0v) is 20.2. The van der Waals surface area contributed by atoms with E-state index < -0.39 is 17.9 Å². The highest BCUT2D eigenvalue weighted by molar-refractivity contribution is 5.64. The zero-order valence-electron chi connectivity index (χ0n) is 20.2. The lowest BCUT2D eigenvalue weighted by molar-refractivity contribution is 0.000813. The maximum absolute atomic E-state index is 12.5. The minimum atomic E-state index is -0.703. The fraction of sp³-hybridized carbons (Fsp3) is 0.679. The van der Waals surface area contributed by atoms with Gasteiger partial charge in [-0.25, -0.2) is 4.79 Å². The van der Waals surface area contributed by atoms with Gasteiger partial charge >= 0.3 is 6.16 Å². The Morgan fingerprint density at radius 1 is 0.939 bits per heavy atom. The molecule has 3 fully saturated rings. The molecule has 0 amide bonds. The van der Waals surface area contributed by atoms with E-state index in [1.54, 1.807) is 7.11 Å². The van der Waals surface area contributed by atoms with Gasteiger partial charge in [-0.05, 0) is 49.7 Å². The maximum atomic E-state index is 12.5. The molecule has 1 saturated heterocycles. The Bertz CT molecular complexity index is 769. The summed E-state index contributed by atoms with van der Waals surface area (Å²) in [5.74, 6) is 3.01. The SMILES string of the molecule is C=C(Oc1ccccc1OC)[C@H]1OC(=O)OC1(CCC1CCCCC1)CCC1CCCCC1. The summed E-state index contributed by atoms with van der Waals surface area (Å²) in [6.45, 7) is 4.19. The van der Waals surface area contributed by atoms with Gasteiger partial charge in [0.25, 0.3) is 0 Å². The van der Waals surface area contributed by atoms with Crippen LogP contribution in [0.4, 0.5) is 4.79 Å². The molecule has 0 radical (unpaired) electrons. The van der Waals surface area contributed by atoms with Gasteiger partial charge in [-0.1, -0.05) is 82.9 Å². The molecule has 4 rings (SSSR count). The number of methoxy groups -OCH3 is 1. The van der Waals surface area contributed by atoms with E-state index in [4.69, 9.17) is 18.9 Å². The first-order valence-electron chi connectivity index (χ1n) is 13.0. The number of carbonyl (C=O) groups is 1. The molecule has 1 aromatic carbocycles. The predicted octanol–water partition coefficient (Wildman–Crippen LogP) is 7.58. The van der Waals surface area contributed by atoms with Gasteiger partial charge in [-0.2, -0.15) is 0 Å². The number of ether oxygens (including phenoxy) is 4. The van der Waals surface area contributed by atoms with Crippen molar-refractivity contribution in [3.05, 3.63) is 36.6 Å². The third-order valence-corrected chi connectivity index (χ3v) is 7.98. The van der Waals surface area contributed by atoms with Gasteiger partial charge in [0.2, 0.25) is 6.10 Å². The summed E-state index contributed by atoms with van der Waals surface area (Å²) >= 11 is 0. The molecule has 2 aliphatic carbocycles. The van der Waals surface area contributed by atoms with Crippen LogP contribution in [0.15, 0.2) is 36.6 Å². The third-order valence-electron chi connectivity index (χ3n) is 7.98. The van der Waals surface area contributed by atoms with Gasteiger partial charge in [0.1, 0.15) is 5.76 Å². The van der Waals surface area contributed by atoms with E-state index in [2.05, 4.69) is 6.58 Å². The van der Waals surface area contributed by atoms with Gasteiger partial charge < -0.3 is 18.9 Å². The van der Waals surface area contributed by atoms with Crippen LogP contribution in [0.3, 0.4) is 0 Å². The molecule has 0 aromatic heterocycles. The van der Waals surface area contributed by atoms with Crippen molar-refractivity contribution in [2.24, 2.45) is 11.8 Å². The lowest BCUT2D eigenvalue weighted by Gasteiger charge is -2.35. The van der Waals surface area contributed by atoms with E-state index in [1.807, 2.05) is 24.3 Å². The van der Waals surface area contributed by atoms with Crippen LogP contribution >= 0.6 is 0 Å². The fourth-order valence-electron chi connectivity index (χ4n) is 6.04. The highest BCUT2D eigenvalue weighted by Gasteiger charge is 2.53. The predicted molar refractivity (Wildman–Crippen MR) is 128 cm³/mol. The first-order chi connectivity index (χ1) is 16.1. The summed E-state index contributed by atoms with van der Waals surface area (Å²) in [6.07, 6.45) is 15.5. The molecule has 1 aliphatic heterocycles. The summed E-state index contributed by atoms with van der Waals surface area (Å²) < 4.78 is 23.3. The molecular formula is C28H40O5. The van der Waals surface area contributed by atoms with Crippen LogP contribution in [0.1, 0.15) is 89.9 Å². The molecule has 1 aromatic rings. The molecule has 0 unspecified atom stereocenters. The van der Waals surface area contributed by atoms with E-state index in [0.717, 1.165) is 25.7 Å².